The number of nitrogens with zero attached hydrogens (tertiary/aromatic N) is 1. The van der Waals surface area contributed by atoms with Crippen LogP contribution in [0.1, 0.15) is 24.2 Å². The molecule has 2 N–H and O–H groups in total. The summed E-state index contributed by atoms with van der Waals surface area (Å²) in [6.07, 6.45) is 0. The Morgan fingerprint density at radius 1 is 1.28 bits per heavy atom. The molecular weight excluding hydrogens is 226 g/mol. The molecule has 0 bridgehead atoms. The van der Waals surface area contributed by atoms with Crippen LogP contribution >= 0.6 is 0 Å². The van der Waals surface area contributed by atoms with Gasteiger partial charge >= 0.3 is 0 Å². The molecule has 0 aliphatic carbocycles. The lowest BCUT2D eigenvalue weighted by molar-refractivity contribution is 0.0943. The number of nitrogens with one attached hydrogen (secondary N) is 2. The van der Waals surface area contributed by atoms with Gasteiger partial charge in [-0.1, -0.05) is 0 Å². The van der Waals surface area contributed by atoms with Gasteiger partial charge in [0.15, 0.2) is 0 Å². The zero-order valence-electron chi connectivity index (χ0n) is 11.7. The van der Waals surface area contributed by atoms with Gasteiger partial charge in [-0.2, -0.15) is 0 Å². The standard InChI is InChI=1S/C14H23N3O/c1-5-15-13-8-6-12(7-9-13)14(18)16-10-11(2)17(3)4/h6-9,11,15H,5,10H2,1-4H3,(H,16,18). The molecule has 4 nitrogen and oxygen atoms in total. The fourth-order valence-electron chi connectivity index (χ4n) is 1.47. The Bertz CT molecular complexity index is 373. The molecule has 0 fully saturated rings. The van der Waals surface area contributed by atoms with Crippen molar-refractivity contribution in [2.45, 2.75) is 19.9 Å². The summed E-state index contributed by atoms with van der Waals surface area (Å²) in [6, 6.07) is 7.86. The third-order valence-electron chi connectivity index (χ3n) is 2.97. The molecule has 0 saturated carbocycles. The first-order chi connectivity index (χ1) is 8.54. The first kappa shape index (κ1) is 14.5. The summed E-state index contributed by atoms with van der Waals surface area (Å²) in [6.45, 7) is 5.66. The molecule has 4 heteroatoms. The van der Waals surface area contributed by atoms with Crippen molar-refractivity contribution < 1.29 is 4.79 Å². The van der Waals surface area contributed by atoms with E-state index in [0.717, 1.165) is 12.2 Å². The van der Waals surface area contributed by atoms with Crippen LogP contribution in [0.15, 0.2) is 24.3 Å². The minimum Gasteiger partial charge on any atom is -0.385 e. The fraction of sp³-hybridized carbons (Fsp3) is 0.500. The van der Waals surface area contributed by atoms with Crippen LogP contribution in [0.3, 0.4) is 0 Å². The quantitative estimate of drug-likeness (QED) is 0.808. The molecule has 1 aromatic rings. The minimum absolute atomic E-state index is 0.0215. The van der Waals surface area contributed by atoms with E-state index in [2.05, 4.69) is 22.5 Å². The maximum atomic E-state index is 11.9. The van der Waals surface area contributed by atoms with E-state index in [4.69, 9.17) is 0 Å². The zero-order chi connectivity index (χ0) is 13.5. The van der Waals surface area contributed by atoms with Gasteiger partial charge in [0.1, 0.15) is 0 Å². The molecule has 1 aromatic carbocycles. The highest BCUT2D eigenvalue weighted by atomic mass is 16.1. The largest absolute Gasteiger partial charge is 0.385 e. The van der Waals surface area contributed by atoms with Crippen molar-refractivity contribution in [3.8, 4) is 0 Å². The Morgan fingerprint density at radius 3 is 2.39 bits per heavy atom. The van der Waals surface area contributed by atoms with Crippen molar-refractivity contribution >= 4 is 11.6 Å². The highest BCUT2D eigenvalue weighted by Gasteiger charge is 2.08. The number of anilines is 1. The number of likely N-dealkylation sites (N-methyl/N-ethyl adjacent to an activating group) is 1. The maximum Gasteiger partial charge on any atom is 0.251 e. The van der Waals surface area contributed by atoms with Gasteiger partial charge in [-0.3, -0.25) is 4.79 Å². The molecule has 0 aromatic heterocycles. The lowest BCUT2D eigenvalue weighted by Crippen LogP contribution is -2.38. The van der Waals surface area contributed by atoms with E-state index >= 15 is 0 Å². The van der Waals surface area contributed by atoms with Crippen LogP contribution in [0.5, 0.6) is 0 Å². The summed E-state index contributed by atoms with van der Waals surface area (Å²) in [5.74, 6) is -0.0215. The Kier molecular flexibility index (Phi) is 5.65. The lowest BCUT2D eigenvalue weighted by atomic mass is 10.2. The van der Waals surface area contributed by atoms with E-state index < -0.39 is 0 Å². The lowest BCUT2D eigenvalue weighted by Gasteiger charge is -2.20. The summed E-state index contributed by atoms with van der Waals surface area (Å²) in [4.78, 5) is 14.0. The molecular formula is C14H23N3O. The normalized spacial score (nSPS) is 12.3. The molecule has 0 aliphatic rings. The SMILES string of the molecule is CCNc1ccc(C(=O)NCC(C)N(C)C)cc1. The Hall–Kier alpha value is -1.55. The van der Waals surface area contributed by atoms with Crippen LogP contribution < -0.4 is 10.6 Å². The highest BCUT2D eigenvalue weighted by molar-refractivity contribution is 5.94. The number of hydrogen-bond acceptors (Lipinski definition) is 3. The average Bonchev–Trinajstić information content (AvgIpc) is 2.36. The number of hydrogen-bond donors (Lipinski definition) is 2. The number of benzene rings is 1. The van der Waals surface area contributed by atoms with Gasteiger partial charge in [-0.05, 0) is 52.2 Å². The zero-order valence-corrected chi connectivity index (χ0v) is 11.7. The van der Waals surface area contributed by atoms with Crippen LogP contribution in [0.2, 0.25) is 0 Å². The van der Waals surface area contributed by atoms with E-state index in [1.54, 1.807) is 0 Å². The molecule has 1 amide bonds. The van der Waals surface area contributed by atoms with E-state index in [-0.39, 0.29) is 5.91 Å². The van der Waals surface area contributed by atoms with Crippen LogP contribution in [-0.2, 0) is 0 Å². The average molecular weight is 249 g/mol. The van der Waals surface area contributed by atoms with Crippen molar-refractivity contribution in [3.63, 3.8) is 0 Å². The first-order valence-corrected chi connectivity index (χ1v) is 6.33. The molecule has 0 radical (unpaired) electrons. The van der Waals surface area contributed by atoms with E-state index in [1.807, 2.05) is 45.3 Å². The van der Waals surface area contributed by atoms with Gasteiger partial charge in [-0.15, -0.1) is 0 Å². The van der Waals surface area contributed by atoms with Crippen molar-refractivity contribution in [1.82, 2.24) is 10.2 Å². The summed E-state index contributed by atoms with van der Waals surface area (Å²) < 4.78 is 0. The van der Waals surface area contributed by atoms with Gasteiger partial charge < -0.3 is 15.5 Å². The second-order valence-electron chi connectivity index (χ2n) is 4.63. The van der Waals surface area contributed by atoms with Crippen molar-refractivity contribution in [1.29, 1.82) is 0 Å². The van der Waals surface area contributed by atoms with Crippen molar-refractivity contribution in [3.05, 3.63) is 29.8 Å². The maximum absolute atomic E-state index is 11.9. The summed E-state index contributed by atoms with van der Waals surface area (Å²) >= 11 is 0. The van der Waals surface area contributed by atoms with Crippen LogP contribution in [0.4, 0.5) is 5.69 Å². The highest BCUT2D eigenvalue weighted by Crippen LogP contribution is 2.09. The van der Waals surface area contributed by atoms with Gasteiger partial charge in [0.2, 0.25) is 0 Å². The molecule has 1 rings (SSSR count). The van der Waals surface area contributed by atoms with E-state index in [1.165, 1.54) is 0 Å². The molecule has 0 saturated heterocycles. The predicted octanol–water partition coefficient (Wildman–Crippen LogP) is 1.80. The monoisotopic (exact) mass is 249 g/mol. The Morgan fingerprint density at radius 2 is 1.89 bits per heavy atom. The fourth-order valence-corrected chi connectivity index (χ4v) is 1.47. The van der Waals surface area contributed by atoms with E-state index in [0.29, 0.717) is 18.2 Å². The van der Waals surface area contributed by atoms with Crippen LogP contribution in [0, 0.1) is 0 Å². The molecule has 1 unspecified atom stereocenters. The number of carbonyl (C=O) groups excluding carboxylic acids is 1. The van der Waals surface area contributed by atoms with Crippen LogP contribution in [-0.4, -0.2) is 44.0 Å². The van der Waals surface area contributed by atoms with Gasteiger partial charge in [0.25, 0.3) is 5.91 Å². The molecule has 0 heterocycles. The second kappa shape index (κ2) is 7.01. The predicted molar refractivity (Wildman–Crippen MR) is 76.1 cm³/mol. The third-order valence-corrected chi connectivity index (χ3v) is 2.97. The van der Waals surface area contributed by atoms with Crippen LogP contribution in [0.25, 0.3) is 0 Å². The summed E-state index contributed by atoms with van der Waals surface area (Å²) in [5.41, 5.74) is 1.73. The molecule has 18 heavy (non-hydrogen) atoms. The summed E-state index contributed by atoms with van der Waals surface area (Å²) in [7, 11) is 4.00. The number of carbonyl (C=O) groups is 1. The summed E-state index contributed by atoms with van der Waals surface area (Å²) in [5, 5.41) is 6.13. The topological polar surface area (TPSA) is 44.4 Å². The van der Waals surface area contributed by atoms with Gasteiger partial charge in [-0.25, -0.2) is 0 Å². The third kappa shape index (κ3) is 4.37. The number of amides is 1. The molecule has 1 atom stereocenters. The van der Waals surface area contributed by atoms with Gasteiger partial charge in [0, 0.05) is 30.4 Å². The molecule has 0 aliphatic heterocycles. The Labute approximate surface area is 109 Å². The van der Waals surface area contributed by atoms with Gasteiger partial charge in [0.05, 0.1) is 0 Å². The van der Waals surface area contributed by atoms with E-state index in [9.17, 15) is 4.79 Å². The smallest absolute Gasteiger partial charge is 0.251 e. The number of rotatable bonds is 6. The van der Waals surface area contributed by atoms with Crippen molar-refractivity contribution in [2.75, 3.05) is 32.5 Å². The second-order valence-corrected chi connectivity index (χ2v) is 4.63. The van der Waals surface area contributed by atoms with Crippen molar-refractivity contribution in [2.24, 2.45) is 0 Å². The minimum atomic E-state index is -0.0215. The molecule has 100 valence electrons. The first-order valence-electron chi connectivity index (χ1n) is 6.33. The molecule has 0 spiro atoms. The Balaban J connectivity index is 2.51.